The molecule has 4 heterocycles. The lowest BCUT2D eigenvalue weighted by Gasteiger charge is -2.04. The van der Waals surface area contributed by atoms with Crippen molar-refractivity contribution in [1.82, 2.24) is 38.7 Å². The molecule has 15 heteroatoms. The number of aryl methyl sites for hydroxylation is 4. The molecule has 3 N–H and O–H groups in total. The second-order valence-electron chi connectivity index (χ2n) is 6.94. The second-order valence-corrected chi connectivity index (χ2v) is 9.31. The van der Waals surface area contributed by atoms with E-state index in [1.165, 1.54) is 9.13 Å². The minimum atomic E-state index is -0.183. The molecule has 0 bridgehead atoms. The first-order valence-electron chi connectivity index (χ1n) is 10.2. The van der Waals surface area contributed by atoms with Crippen LogP contribution in [-0.2, 0) is 27.2 Å². The maximum atomic E-state index is 11.8. The van der Waals surface area contributed by atoms with Gasteiger partial charge in [0.25, 0.3) is 11.1 Å². The number of hydrogen-bond donors (Lipinski definition) is 2. The van der Waals surface area contributed by atoms with Crippen LogP contribution in [0, 0.1) is 0 Å². The summed E-state index contributed by atoms with van der Waals surface area (Å²) in [6.07, 6.45) is 10.1. The van der Waals surface area contributed by atoms with Crippen LogP contribution in [0.4, 0.5) is 17.2 Å². The number of rotatable bonds is 4. The van der Waals surface area contributed by atoms with Crippen LogP contribution in [-0.4, -0.2) is 38.7 Å². The molecule has 4 aromatic heterocycles. The van der Waals surface area contributed by atoms with Crippen molar-refractivity contribution in [3.05, 3.63) is 71.7 Å². The summed E-state index contributed by atoms with van der Waals surface area (Å²) in [6.45, 7) is 5.68. The summed E-state index contributed by atoms with van der Waals surface area (Å²) in [5, 5.41) is 11.0. The van der Waals surface area contributed by atoms with Crippen molar-refractivity contribution in [2.24, 2.45) is 14.1 Å². The molecule has 0 spiro atoms. The van der Waals surface area contributed by atoms with Crippen molar-refractivity contribution >= 4 is 65.0 Å². The predicted molar refractivity (Wildman–Crippen MR) is 146 cm³/mol. The molecule has 0 atom stereocenters. The van der Waals surface area contributed by atoms with E-state index < -0.39 is 0 Å². The fourth-order valence-electron chi connectivity index (χ4n) is 2.48. The summed E-state index contributed by atoms with van der Waals surface area (Å²) >= 11 is 9.42. The summed E-state index contributed by atoms with van der Waals surface area (Å²) in [5.41, 5.74) is 6.53. The van der Waals surface area contributed by atoms with E-state index in [0.29, 0.717) is 13.8 Å². The molecule has 0 radical (unpaired) electrons. The zero-order valence-electron chi connectivity index (χ0n) is 19.5. The van der Waals surface area contributed by atoms with Gasteiger partial charge < -0.3 is 20.2 Å². The highest BCUT2D eigenvalue weighted by Gasteiger charge is 2.07. The molecule has 35 heavy (non-hydrogen) atoms. The summed E-state index contributed by atoms with van der Waals surface area (Å²) < 4.78 is 8.03. The van der Waals surface area contributed by atoms with Gasteiger partial charge >= 0.3 is 0 Å². The Bertz CT molecular complexity index is 1350. The summed E-state index contributed by atoms with van der Waals surface area (Å²) in [7, 11) is 3.34. The average Bonchev–Trinajstić information content (AvgIpc) is 3.44. The van der Waals surface area contributed by atoms with Crippen molar-refractivity contribution in [3.8, 4) is 0 Å². The molecule has 0 unspecified atom stereocenters. The van der Waals surface area contributed by atoms with Crippen molar-refractivity contribution in [3.63, 3.8) is 0 Å². The smallest absolute Gasteiger partial charge is 0.293 e. The van der Waals surface area contributed by atoms with E-state index in [-0.39, 0.29) is 16.9 Å². The Hall–Kier alpha value is -2.78. The van der Waals surface area contributed by atoms with Crippen LogP contribution in [0.3, 0.4) is 0 Å². The number of nitrogens with one attached hydrogen (secondary N) is 1. The Balaban J connectivity index is 0.000000204. The van der Waals surface area contributed by atoms with Crippen molar-refractivity contribution in [2.45, 2.75) is 26.9 Å². The van der Waals surface area contributed by atoms with Gasteiger partial charge in [-0.3, -0.25) is 19.0 Å². The highest BCUT2D eigenvalue weighted by atomic mass is 79.9. The molecule has 0 aromatic carbocycles. The lowest BCUT2D eigenvalue weighted by Crippen LogP contribution is -2.20. The fraction of sp³-hybridized carbons (Fsp3) is 0.300. The van der Waals surface area contributed by atoms with E-state index in [1.54, 1.807) is 54.4 Å². The Morgan fingerprint density at radius 2 is 1.37 bits per heavy atom. The average molecular weight is 677 g/mol. The van der Waals surface area contributed by atoms with Gasteiger partial charge in [-0.2, -0.15) is 10.2 Å². The number of hydrogen-bond acceptors (Lipinski definition) is 8. The van der Waals surface area contributed by atoms with Gasteiger partial charge in [-0.25, -0.2) is 9.97 Å². The van der Waals surface area contributed by atoms with Gasteiger partial charge in [0.1, 0.15) is 9.21 Å². The first-order chi connectivity index (χ1) is 16.5. The van der Waals surface area contributed by atoms with Crippen molar-refractivity contribution in [1.29, 1.82) is 0 Å². The minimum absolute atomic E-state index is 0.136. The topological polar surface area (TPSA) is 143 Å². The van der Waals surface area contributed by atoms with Crippen LogP contribution in [0.15, 0.2) is 60.6 Å². The number of anilines is 3. The number of nitrogens with zero attached hydrogens (tertiary/aromatic N) is 8. The first kappa shape index (κ1) is 28.5. The monoisotopic (exact) mass is 674 g/mol. The minimum Gasteiger partial charge on any atom is -0.396 e. The molecule has 0 aliphatic carbocycles. The van der Waals surface area contributed by atoms with Crippen LogP contribution in [0.5, 0.6) is 0 Å². The molecule has 4 aromatic rings. The third-order valence-corrected chi connectivity index (χ3v) is 5.52. The zero-order valence-corrected chi connectivity index (χ0v) is 24.2. The predicted octanol–water partition coefficient (Wildman–Crippen LogP) is 3.29. The molecular weight excluding hydrogens is 652 g/mol. The largest absolute Gasteiger partial charge is 0.396 e. The van der Waals surface area contributed by atoms with Crippen LogP contribution in [0.1, 0.15) is 13.8 Å². The summed E-state index contributed by atoms with van der Waals surface area (Å²) in [4.78, 5) is 30.7. The van der Waals surface area contributed by atoms with Crippen LogP contribution < -0.4 is 22.2 Å². The summed E-state index contributed by atoms with van der Waals surface area (Å²) in [6, 6.07) is 0. The Morgan fingerprint density at radius 3 is 1.86 bits per heavy atom. The number of aromatic nitrogens is 8. The number of nitrogens with two attached hydrogens (primary N) is 1. The molecule has 12 nitrogen and oxygen atoms in total. The summed E-state index contributed by atoms with van der Waals surface area (Å²) in [5.74, 6) is 0.275. The maximum Gasteiger partial charge on any atom is 0.293 e. The quantitative estimate of drug-likeness (QED) is 0.335. The zero-order chi connectivity index (χ0) is 26.1. The van der Waals surface area contributed by atoms with Gasteiger partial charge in [0, 0.05) is 52.0 Å². The lowest BCUT2D eigenvalue weighted by molar-refractivity contribution is 0.660. The van der Waals surface area contributed by atoms with Crippen LogP contribution in [0.25, 0.3) is 0 Å². The number of nitrogen functional groups attached to an aromatic ring is 1. The highest BCUT2D eigenvalue weighted by Crippen LogP contribution is 2.12. The van der Waals surface area contributed by atoms with Gasteiger partial charge in [0.2, 0.25) is 0 Å². The molecule has 0 fully saturated rings. The lowest BCUT2D eigenvalue weighted by atomic mass is 10.5. The fourth-order valence-corrected chi connectivity index (χ4v) is 4.15. The molecule has 0 aliphatic heterocycles. The Kier molecular flexibility index (Phi) is 10.9. The van der Waals surface area contributed by atoms with Crippen LogP contribution in [0.2, 0.25) is 0 Å². The van der Waals surface area contributed by atoms with E-state index in [0.717, 1.165) is 24.5 Å². The molecule has 0 aliphatic rings. The molecule has 4 rings (SSSR count). The Labute approximate surface area is 226 Å². The SMILES string of the molecule is CCn1cc(N)cn1.CCn1cc(Nc2nc(Br)cn(C)c2=O)cn1.Cn1cc(Br)nc(Br)c1=O. The molecule has 188 valence electrons. The van der Waals surface area contributed by atoms with Gasteiger partial charge in [-0.05, 0) is 61.6 Å². The second kappa shape index (κ2) is 13.3. The van der Waals surface area contributed by atoms with Gasteiger partial charge in [0.15, 0.2) is 10.4 Å². The molecule has 0 saturated carbocycles. The van der Waals surface area contributed by atoms with Crippen molar-refractivity contribution in [2.75, 3.05) is 11.1 Å². The van der Waals surface area contributed by atoms with E-state index >= 15 is 0 Å². The van der Waals surface area contributed by atoms with Gasteiger partial charge in [0.05, 0.1) is 23.8 Å². The standard InChI is InChI=1S/C10H12BrN5O.C5H4Br2N2O.C5H9N3/c1-3-16-5-7(4-12-16)13-9-10(17)15(2)6-8(11)14-9;1-9-2-3(6)8-4(7)5(9)10;1-2-8-4-5(6)3-7-8/h4-6H,3H2,1-2H3,(H,13,14);2H,1H3;3-4H,2,6H2,1H3. The van der Waals surface area contributed by atoms with Gasteiger partial charge in [-0.15, -0.1) is 0 Å². The number of halogens is 3. The van der Waals surface area contributed by atoms with E-state index in [4.69, 9.17) is 5.73 Å². The normalized spacial score (nSPS) is 10.1. The molecule has 0 amide bonds. The first-order valence-corrected chi connectivity index (χ1v) is 12.6. The van der Waals surface area contributed by atoms with E-state index in [9.17, 15) is 9.59 Å². The third kappa shape index (κ3) is 8.74. The van der Waals surface area contributed by atoms with E-state index in [2.05, 4.69) is 73.3 Å². The molecular formula is C20H25Br3N10O2. The third-order valence-electron chi connectivity index (χ3n) is 4.24. The van der Waals surface area contributed by atoms with E-state index in [1.807, 2.05) is 20.0 Å². The van der Waals surface area contributed by atoms with Crippen LogP contribution >= 0.6 is 47.8 Å². The van der Waals surface area contributed by atoms with Crippen molar-refractivity contribution < 1.29 is 0 Å². The molecule has 0 saturated heterocycles. The Morgan fingerprint density at radius 1 is 0.829 bits per heavy atom. The van der Waals surface area contributed by atoms with Gasteiger partial charge in [-0.1, -0.05) is 0 Å². The highest BCUT2D eigenvalue weighted by molar-refractivity contribution is 9.11. The maximum absolute atomic E-state index is 11.8.